The monoisotopic (exact) mass is 340 g/mol. The maximum Gasteiger partial charge on any atom is 0.208 e. The van der Waals surface area contributed by atoms with Gasteiger partial charge in [-0.1, -0.05) is 28.1 Å². The van der Waals surface area contributed by atoms with E-state index in [9.17, 15) is 0 Å². The molecule has 21 heavy (non-hydrogen) atoms. The van der Waals surface area contributed by atoms with Crippen molar-refractivity contribution in [2.75, 3.05) is 5.32 Å². The van der Waals surface area contributed by atoms with Gasteiger partial charge in [0.1, 0.15) is 0 Å². The summed E-state index contributed by atoms with van der Waals surface area (Å²) in [4.78, 5) is 7.91. The Labute approximate surface area is 129 Å². The largest absolute Gasteiger partial charge is 0.359 e. The van der Waals surface area contributed by atoms with Gasteiger partial charge in [-0.15, -0.1) is 0 Å². The molecule has 0 fully saturated rings. The molecule has 0 radical (unpaired) electrons. The number of anilines is 2. The first-order valence-corrected chi connectivity index (χ1v) is 7.47. The summed E-state index contributed by atoms with van der Waals surface area (Å²) >= 11 is 3.52. The van der Waals surface area contributed by atoms with E-state index in [1.54, 1.807) is 0 Å². The van der Waals surface area contributed by atoms with Crippen LogP contribution in [0.5, 0.6) is 0 Å². The predicted octanol–water partition coefficient (Wildman–Crippen LogP) is 4.56. The number of fused-ring (bicyclic) bond motifs is 2. The molecule has 0 saturated heterocycles. The number of halogens is 1. The van der Waals surface area contributed by atoms with Crippen LogP contribution in [-0.2, 0) is 7.05 Å². The molecular formula is C16H13BrN4. The molecule has 0 spiro atoms. The fourth-order valence-electron chi connectivity index (χ4n) is 2.57. The molecule has 5 heteroatoms. The molecule has 0 atom stereocenters. The van der Waals surface area contributed by atoms with Crippen LogP contribution >= 0.6 is 15.9 Å². The number of aromatic amines is 1. The van der Waals surface area contributed by atoms with E-state index in [0.29, 0.717) is 0 Å². The van der Waals surface area contributed by atoms with Crippen LogP contribution in [0.15, 0.2) is 53.1 Å². The average Bonchev–Trinajstić information content (AvgIpc) is 3.02. The molecule has 0 aliphatic rings. The van der Waals surface area contributed by atoms with Crippen LogP contribution < -0.4 is 5.32 Å². The first-order chi connectivity index (χ1) is 10.2. The number of nitrogens with one attached hydrogen (secondary N) is 2. The Kier molecular flexibility index (Phi) is 2.75. The highest BCUT2D eigenvalue weighted by Crippen LogP contribution is 2.29. The fraction of sp³-hybridized carbons (Fsp3) is 0.0625. The van der Waals surface area contributed by atoms with Crippen molar-refractivity contribution in [1.82, 2.24) is 14.5 Å². The van der Waals surface area contributed by atoms with Gasteiger partial charge < -0.3 is 14.9 Å². The minimum atomic E-state index is 0.831. The Morgan fingerprint density at radius 1 is 1.19 bits per heavy atom. The number of hydrogen-bond acceptors (Lipinski definition) is 2. The van der Waals surface area contributed by atoms with Crippen molar-refractivity contribution in [3.8, 4) is 0 Å². The van der Waals surface area contributed by atoms with Crippen molar-refractivity contribution >= 4 is 49.5 Å². The zero-order valence-corrected chi connectivity index (χ0v) is 13.0. The molecule has 2 heterocycles. The van der Waals surface area contributed by atoms with Crippen LogP contribution in [0.3, 0.4) is 0 Å². The summed E-state index contributed by atoms with van der Waals surface area (Å²) in [5.74, 6) is 0.831. The number of aromatic nitrogens is 3. The quantitative estimate of drug-likeness (QED) is 0.561. The van der Waals surface area contributed by atoms with Crippen molar-refractivity contribution in [1.29, 1.82) is 0 Å². The highest BCUT2D eigenvalue weighted by molar-refractivity contribution is 9.10. The second-order valence-corrected chi connectivity index (χ2v) is 5.92. The van der Waals surface area contributed by atoms with Crippen LogP contribution in [0.1, 0.15) is 0 Å². The molecule has 2 N–H and O–H groups in total. The lowest BCUT2D eigenvalue weighted by Gasteiger charge is -2.05. The smallest absolute Gasteiger partial charge is 0.208 e. The molecule has 4 nitrogen and oxygen atoms in total. The summed E-state index contributed by atoms with van der Waals surface area (Å²) in [6.07, 6.45) is 1.97. The first kappa shape index (κ1) is 12.5. The molecule has 2 aromatic heterocycles. The molecule has 4 rings (SSSR count). The molecule has 4 aromatic rings. The van der Waals surface area contributed by atoms with Gasteiger partial charge in [0.2, 0.25) is 5.95 Å². The third kappa shape index (κ3) is 2.01. The highest BCUT2D eigenvalue weighted by Gasteiger charge is 2.10. The average molecular weight is 341 g/mol. The summed E-state index contributed by atoms with van der Waals surface area (Å²) < 4.78 is 3.12. The lowest BCUT2D eigenvalue weighted by Crippen LogP contribution is -1.98. The van der Waals surface area contributed by atoms with E-state index in [2.05, 4.69) is 54.0 Å². The lowest BCUT2D eigenvalue weighted by atomic mass is 10.2. The molecule has 0 saturated carbocycles. The number of aryl methyl sites for hydroxylation is 1. The SMILES string of the molecule is Cn1c(Nc2c[nH]c3ccc(Br)cc23)nc2ccccc21. The zero-order chi connectivity index (χ0) is 14.4. The van der Waals surface area contributed by atoms with Crippen LogP contribution in [-0.4, -0.2) is 14.5 Å². The third-order valence-corrected chi connectivity index (χ3v) is 4.17. The number of para-hydroxylation sites is 2. The summed E-state index contributed by atoms with van der Waals surface area (Å²) in [7, 11) is 2.02. The Hall–Kier alpha value is -2.27. The number of H-pyrrole nitrogens is 1. The van der Waals surface area contributed by atoms with Crippen LogP contribution in [0.2, 0.25) is 0 Å². The summed E-state index contributed by atoms with van der Waals surface area (Å²) in [6.45, 7) is 0. The number of hydrogen-bond donors (Lipinski definition) is 2. The molecular weight excluding hydrogens is 328 g/mol. The van der Waals surface area contributed by atoms with E-state index in [4.69, 9.17) is 0 Å². The van der Waals surface area contributed by atoms with Crippen molar-refractivity contribution in [3.63, 3.8) is 0 Å². The number of rotatable bonds is 2. The minimum Gasteiger partial charge on any atom is -0.359 e. The van der Waals surface area contributed by atoms with Gasteiger partial charge in [0.05, 0.1) is 16.7 Å². The summed E-state index contributed by atoms with van der Waals surface area (Å²) in [5.41, 5.74) is 4.22. The van der Waals surface area contributed by atoms with Gasteiger partial charge in [0.15, 0.2) is 0 Å². The molecule has 0 unspecified atom stereocenters. The molecule has 2 aromatic carbocycles. The Morgan fingerprint density at radius 3 is 2.90 bits per heavy atom. The molecule has 0 aliphatic heterocycles. The predicted molar refractivity (Wildman–Crippen MR) is 90.0 cm³/mol. The van der Waals surface area contributed by atoms with Gasteiger partial charge in [-0.05, 0) is 30.3 Å². The normalized spacial score (nSPS) is 11.3. The highest BCUT2D eigenvalue weighted by atomic mass is 79.9. The van der Waals surface area contributed by atoms with Crippen LogP contribution in [0.25, 0.3) is 21.9 Å². The van der Waals surface area contributed by atoms with E-state index in [1.165, 1.54) is 0 Å². The van der Waals surface area contributed by atoms with E-state index < -0.39 is 0 Å². The lowest BCUT2D eigenvalue weighted by molar-refractivity contribution is 0.959. The van der Waals surface area contributed by atoms with E-state index >= 15 is 0 Å². The second-order valence-electron chi connectivity index (χ2n) is 5.00. The Balaban J connectivity index is 1.83. The van der Waals surface area contributed by atoms with E-state index in [0.717, 1.165) is 38.0 Å². The number of imidazole rings is 1. The minimum absolute atomic E-state index is 0.831. The van der Waals surface area contributed by atoms with Crippen molar-refractivity contribution in [2.24, 2.45) is 7.05 Å². The first-order valence-electron chi connectivity index (χ1n) is 6.67. The number of nitrogens with zero attached hydrogens (tertiary/aromatic N) is 2. The fourth-order valence-corrected chi connectivity index (χ4v) is 2.94. The van der Waals surface area contributed by atoms with E-state index in [-0.39, 0.29) is 0 Å². The Morgan fingerprint density at radius 2 is 2.05 bits per heavy atom. The van der Waals surface area contributed by atoms with Gasteiger partial charge in [0, 0.05) is 28.6 Å². The van der Waals surface area contributed by atoms with Gasteiger partial charge in [-0.2, -0.15) is 0 Å². The maximum absolute atomic E-state index is 4.64. The third-order valence-electron chi connectivity index (χ3n) is 3.68. The summed E-state index contributed by atoms with van der Waals surface area (Å²) in [6, 6.07) is 14.3. The second kappa shape index (κ2) is 4.63. The topological polar surface area (TPSA) is 45.6 Å². The summed E-state index contributed by atoms with van der Waals surface area (Å²) in [5, 5.41) is 4.55. The van der Waals surface area contributed by atoms with Crippen LogP contribution in [0, 0.1) is 0 Å². The number of benzene rings is 2. The van der Waals surface area contributed by atoms with Crippen molar-refractivity contribution < 1.29 is 0 Å². The van der Waals surface area contributed by atoms with Gasteiger partial charge in [0.25, 0.3) is 0 Å². The molecule has 0 aliphatic carbocycles. The standard InChI is InChI=1S/C16H13BrN4/c1-21-15-5-3-2-4-13(15)19-16(21)20-14-9-18-12-7-6-10(17)8-11(12)14/h2-9,18H,1H3,(H,19,20). The van der Waals surface area contributed by atoms with Crippen LogP contribution in [0.4, 0.5) is 11.6 Å². The molecule has 104 valence electrons. The Bertz CT molecular complexity index is 951. The molecule has 0 bridgehead atoms. The van der Waals surface area contributed by atoms with Gasteiger partial charge >= 0.3 is 0 Å². The molecule has 0 amide bonds. The van der Waals surface area contributed by atoms with Gasteiger partial charge in [-0.25, -0.2) is 4.98 Å². The zero-order valence-electron chi connectivity index (χ0n) is 11.4. The van der Waals surface area contributed by atoms with E-state index in [1.807, 2.05) is 37.5 Å². The maximum atomic E-state index is 4.64. The van der Waals surface area contributed by atoms with Crippen molar-refractivity contribution in [3.05, 3.63) is 53.1 Å². The van der Waals surface area contributed by atoms with Gasteiger partial charge in [-0.3, -0.25) is 0 Å². The van der Waals surface area contributed by atoms with Crippen molar-refractivity contribution in [2.45, 2.75) is 0 Å².